The first-order valence-corrected chi connectivity index (χ1v) is 11.4. The lowest BCUT2D eigenvalue weighted by Gasteiger charge is -2.30. The molecule has 0 aliphatic heterocycles. The van der Waals surface area contributed by atoms with Crippen molar-refractivity contribution in [2.45, 2.75) is 39.4 Å². The molecule has 0 saturated carbocycles. The zero-order chi connectivity index (χ0) is 28.1. The highest BCUT2D eigenvalue weighted by Crippen LogP contribution is 2.37. The summed E-state index contributed by atoms with van der Waals surface area (Å²) in [5.41, 5.74) is -1.55. The molecule has 202 valence electrons. The Morgan fingerprint density at radius 3 is 1.71 bits per heavy atom. The number of benzene rings is 3. The van der Waals surface area contributed by atoms with Gasteiger partial charge >= 0.3 is 5.97 Å². The molecular weight excluding hydrogens is 514 g/mol. The van der Waals surface area contributed by atoms with Crippen LogP contribution in [0.2, 0.25) is 0 Å². The molecule has 0 heterocycles. The number of carbonyl (C=O) groups excluding carboxylic acids is 1. The van der Waals surface area contributed by atoms with Gasteiger partial charge in [-0.15, -0.1) is 0 Å². The first-order chi connectivity index (χ1) is 17.9. The van der Waals surface area contributed by atoms with E-state index in [4.69, 9.17) is 5.11 Å². The average molecular weight is 538 g/mol. The molecule has 3 rings (SSSR count). The highest BCUT2D eigenvalue weighted by molar-refractivity contribution is 5.94. The Morgan fingerprint density at radius 1 is 0.789 bits per heavy atom. The van der Waals surface area contributed by atoms with E-state index in [9.17, 15) is 27.2 Å². The summed E-state index contributed by atoms with van der Waals surface area (Å²) in [7, 11) is 0. The Morgan fingerprint density at radius 2 is 1.26 bits per heavy atom. The van der Waals surface area contributed by atoms with Crippen LogP contribution < -0.4 is 5.32 Å². The molecule has 0 bridgehead atoms. The number of nitrogens with one attached hydrogen (secondary N) is 1. The Labute approximate surface area is 214 Å². The monoisotopic (exact) mass is 538 g/mol. The van der Waals surface area contributed by atoms with Crippen molar-refractivity contribution in [3.63, 3.8) is 0 Å². The zero-order valence-corrected chi connectivity index (χ0v) is 20.4. The van der Waals surface area contributed by atoms with Gasteiger partial charge < -0.3 is 10.4 Å². The van der Waals surface area contributed by atoms with Gasteiger partial charge in [0.05, 0.1) is 6.42 Å². The van der Waals surface area contributed by atoms with Gasteiger partial charge in [-0.3, -0.25) is 9.59 Å². The third kappa shape index (κ3) is 6.34. The van der Waals surface area contributed by atoms with Crippen molar-refractivity contribution in [2.75, 3.05) is 6.54 Å². The molecule has 2 unspecified atom stereocenters. The van der Waals surface area contributed by atoms with Gasteiger partial charge in [0.2, 0.25) is 0 Å². The number of aliphatic carboxylic acids is 1. The van der Waals surface area contributed by atoms with Crippen molar-refractivity contribution < 1.29 is 41.0 Å². The number of aryl methyl sites for hydroxylation is 2. The van der Waals surface area contributed by atoms with Crippen LogP contribution in [-0.4, -0.2) is 28.4 Å². The van der Waals surface area contributed by atoms with E-state index in [0.29, 0.717) is 4.90 Å². The molecule has 0 aliphatic rings. The lowest BCUT2D eigenvalue weighted by Crippen LogP contribution is -2.30. The van der Waals surface area contributed by atoms with Crippen molar-refractivity contribution in [2.24, 2.45) is 0 Å². The topological polar surface area (TPSA) is 69.6 Å². The Balaban J connectivity index is 1.94. The highest BCUT2D eigenvalue weighted by Gasteiger charge is 2.34. The number of amides is 1. The number of halogens is 6. The summed E-state index contributed by atoms with van der Waals surface area (Å²) in [4.78, 5) is 23.1. The largest absolute Gasteiger partial charge is 0.481 e. The summed E-state index contributed by atoms with van der Waals surface area (Å²) < 4.78 is 88.8. The maximum absolute atomic E-state index is 15.7. The molecule has 2 atom stereocenters. The zero-order valence-electron chi connectivity index (χ0n) is 20.4. The van der Waals surface area contributed by atoms with Crippen LogP contribution in [-0.2, 0) is 11.3 Å². The number of hydrogen-bond donors (Lipinski definition) is 2. The summed E-state index contributed by atoms with van der Waals surface area (Å²) in [6.07, 6.45) is -5.51. The van der Waals surface area contributed by atoms with E-state index >= 15 is 8.78 Å². The second kappa shape index (κ2) is 12.1. The standard InChI is InChI=1S/C27H24F6N2O3/c1-14-3-9-18(23(30)21(14)28)25(32)35(26(33)19-10-4-15(2)22(29)24(19)31)13-16-5-7-17(8-6-16)27(38)34-12-11-20(36)37/h3-10,25-26H,11-13H2,1-2H3,(H,34,38)(H,36,37). The minimum absolute atomic E-state index is 0.106. The molecule has 0 spiro atoms. The molecule has 0 aliphatic carbocycles. The minimum Gasteiger partial charge on any atom is -0.481 e. The number of carboxylic acids is 1. The molecule has 0 radical (unpaired) electrons. The SMILES string of the molecule is Cc1ccc(C(F)N(Cc2ccc(C(=O)NCCC(=O)O)cc2)C(F)c2ccc(C)c(F)c2F)c(F)c1F. The van der Waals surface area contributed by atoms with Crippen LogP contribution in [0.15, 0.2) is 48.5 Å². The van der Waals surface area contributed by atoms with E-state index in [1.807, 2.05) is 0 Å². The third-order valence-electron chi connectivity index (χ3n) is 5.91. The summed E-state index contributed by atoms with van der Waals surface area (Å²) in [6, 6.07) is 9.37. The van der Waals surface area contributed by atoms with Crippen molar-refractivity contribution in [3.05, 3.63) is 105 Å². The molecule has 38 heavy (non-hydrogen) atoms. The van der Waals surface area contributed by atoms with Crippen molar-refractivity contribution in [1.82, 2.24) is 10.2 Å². The van der Waals surface area contributed by atoms with Crippen LogP contribution in [0.5, 0.6) is 0 Å². The van der Waals surface area contributed by atoms with Gasteiger partial charge in [-0.2, -0.15) is 0 Å². The van der Waals surface area contributed by atoms with Gasteiger partial charge in [0, 0.05) is 29.8 Å². The molecule has 3 aromatic rings. The van der Waals surface area contributed by atoms with Gasteiger partial charge in [0.1, 0.15) is 0 Å². The molecule has 1 amide bonds. The molecule has 5 nitrogen and oxygen atoms in total. The highest BCUT2D eigenvalue weighted by atomic mass is 19.2. The van der Waals surface area contributed by atoms with Gasteiger partial charge in [-0.25, -0.2) is 31.2 Å². The van der Waals surface area contributed by atoms with E-state index in [1.54, 1.807) is 0 Å². The predicted molar refractivity (Wildman–Crippen MR) is 126 cm³/mol. The second-order valence-electron chi connectivity index (χ2n) is 8.64. The summed E-state index contributed by atoms with van der Waals surface area (Å²) in [5, 5.41) is 11.1. The van der Waals surface area contributed by atoms with Gasteiger partial charge in [-0.05, 0) is 42.7 Å². The maximum atomic E-state index is 15.7. The van der Waals surface area contributed by atoms with Crippen LogP contribution in [0, 0.1) is 37.1 Å². The van der Waals surface area contributed by atoms with E-state index in [0.717, 1.165) is 24.3 Å². The number of carboxylic acid groups (broad SMARTS) is 1. The van der Waals surface area contributed by atoms with Gasteiger partial charge in [0.25, 0.3) is 5.91 Å². The van der Waals surface area contributed by atoms with E-state index in [2.05, 4.69) is 5.32 Å². The Bertz CT molecular complexity index is 1270. The van der Waals surface area contributed by atoms with Crippen molar-refractivity contribution in [3.8, 4) is 0 Å². The van der Waals surface area contributed by atoms with Crippen LogP contribution in [0.25, 0.3) is 0 Å². The average Bonchev–Trinajstić information content (AvgIpc) is 2.88. The van der Waals surface area contributed by atoms with Crippen LogP contribution in [0.3, 0.4) is 0 Å². The number of hydrogen-bond acceptors (Lipinski definition) is 3. The third-order valence-corrected chi connectivity index (χ3v) is 5.91. The van der Waals surface area contributed by atoms with Crippen LogP contribution in [0.4, 0.5) is 26.3 Å². The Kier molecular flexibility index (Phi) is 9.16. The Hall–Kier alpha value is -3.86. The predicted octanol–water partition coefficient (Wildman–Crippen LogP) is 6.20. The summed E-state index contributed by atoms with van der Waals surface area (Å²) >= 11 is 0. The van der Waals surface area contributed by atoms with Crippen molar-refractivity contribution in [1.29, 1.82) is 0 Å². The fourth-order valence-corrected chi connectivity index (χ4v) is 3.68. The molecule has 0 fully saturated rings. The fourth-order valence-electron chi connectivity index (χ4n) is 3.68. The lowest BCUT2D eigenvalue weighted by molar-refractivity contribution is -0.136. The summed E-state index contributed by atoms with van der Waals surface area (Å²) in [6.45, 7) is 1.80. The summed E-state index contributed by atoms with van der Waals surface area (Å²) in [5.74, 6) is -7.43. The molecule has 2 N–H and O–H groups in total. The number of carbonyl (C=O) groups is 2. The molecular formula is C27H24F6N2O3. The van der Waals surface area contributed by atoms with E-state index in [-0.39, 0.29) is 35.2 Å². The smallest absolute Gasteiger partial charge is 0.305 e. The lowest BCUT2D eigenvalue weighted by atomic mass is 10.0. The molecule has 0 aromatic heterocycles. The first-order valence-electron chi connectivity index (χ1n) is 11.4. The van der Waals surface area contributed by atoms with Crippen LogP contribution in [0.1, 0.15) is 57.2 Å². The quantitative estimate of drug-likeness (QED) is 0.238. The van der Waals surface area contributed by atoms with E-state index < -0.39 is 65.4 Å². The molecule has 11 heteroatoms. The second-order valence-corrected chi connectivity index (χ2v) is 8.64. The van der Waals surface area contributed by atoms with E-state index in [1.165, 1.54) is 38.1 Å². The first kappa shape index (κ1) is 28.7. The normalized spacial score (nSPS) is 12.9. The van der Waals surface area contributed by atoms with Crippen molar-refractivity contribution >= 4 is 11.9 Å². The fraction of sp³-hybridized carbons (Fsp3) is 0.259. The van der Waals surface area contributed by atoms with Gasteiger partial charge in [-0.1, -0.05) is 36.4 Å². The maximum Gasteiger partial charge on any atom is 0.305 e. The number of rotatable bonds is 10. The molecule has 0 saturated heterocycles. The minimum atomic E-state index is -2.61. The number of nitrogens with zero attached hydrogens (tertiary/aromatic N) is 1. The van der Waals surface area contributed by atoms with Crippen LogP contribution >= 0.6 is 0 Å². The van der Waals surface area contributed by atoms with Gasteiger partial charge in [0.15, 0.2) is 35.9 Å². The number of alkyl halides is 2. The molecule has 3 aromatic carbocycles.